The van der Waals surface area contributed by atoms with Crippen molar-refractivity contribution in [2.24, 2.45) is 17.9 Å². The van der Waals surface area contributed by atoms with Gasteiger partial charge in [0.05, 0.1) is 6.54 Å². The van der Waals surface area contributed by atoms with Gasteiger partial charge in [0.1, 0.15) is 18.9 Å². The largest absolute Gasteiger partial charge is 0.480 e. The van der Waals surface area contributed by atoms with Gasteiger partial charge in [-0.3, -0.25) is 19.3 Å². The molecule has 0 fully saturated rings. The number of carbonyl (C=O) groups excluding carboxylic acids is 3. The first-order valence-corrected chi connectivity index (χ1v) is 20.1. The summed E-state index contributed by atoms with van der Waals surface area (Å²) in [7, 11) is 6.36. The number of likely N-dealkylation sites (N-methyl/N-ethyl adjacent to an activating group) is 3. The second-order valence-electron chi connectivity index (χ2n) is 17.1. The Morgan fingerprint density at radius 2 is 1.49 bits per heavy atom. The molecule has 1 aromatic heterocycles. The number of carbonyl (C=O) groups is 6. The lowest BCUT2D eigenvalue weighted by molar-refractivity contribution is -0.140. The van der Waals surface area contributed by atoms with Gasteiger partial charge in [0.15, 0.2) is 0 Å². The summed E-state index contributed by atoms with van der Waals surface area (Å²) in [6.07, 6.45) is 14.7. The van der Waals surface area contributed by atoms with Crippen molar-refractivity contribution in [1.29, 1.82) is 0 Å². The minimum atomic E-state index is -1.27. The normalized spacial score (nSPS) is 15.1. The number of aryl methyl sites for hydroxylation is 1. The Labute approximate surface area is 353 Å². The van der Waals surface area contributed by atoms with Crippen LogP contribution in [-0.2, 0) is 36.4 Å². The van der Waals surface area contributed by atoms with E-state index in [0.717, 1.165) is 21.4 Å². The Morgan fingerprint density at radius 1 is 0.949 bits per heavy atom. The average Bonchev–Trinajstić information content (AvgIpc) is 3.49. The van der Waals surface area contributed by atoms with E-state index in [1.165, 1.54) is 70.5 Å². The number of carboxylic acids is 2. The molecule has 59 heavy (non-hydrogen) atoms. The zero-order valence-corrected chi connectivity index (χ0v) is 38.3. The van der Waals surface area contributed by atoms with E-state index < -0.39 is 52.8 Å². The van der Waals surface area contributed by atoms with E-state index >= 15 is 0 Å². The Morgan fingerprint density at radius 3 is 1.97 bits per heavy atom. The molecule has 2 unspecified atom stereocenters. The number of nitrogens with zero attached hydrogens (tertiary/aromatic N) is 3. The van der Waals surface area contributed by atoms with Crippen LogP contribution in [-0.4, -0.2) is 113 Å². The van der Waals surface area contributed by atoms with Crippen LogP contribution in [0.5, 0.6) is 0 Å². The highest BCUT2D eigenvalue weighted by Gasteiger charge is 2.45. The molecule has 0 radical (unpaired) electrons. The van der Waals surface area contributed by atoms with Crippen LogP contribution < -0.4 is 10.6 Å². The van der Waals surface area contributed by atoms with E-state index in [1.54, 1.807) is 27.8 Å². The first-order valence-electron chi connectivity index (χ1n) is 20.1. The van der Waals surface area contributed by atoms with Crippen LogP contribution in [0.2, 0.25) is 0 Å². The number of rotatable bonds is 11. The molecule has 334 valence electrons. The maximum Gasteiger partial charge on any atom is 0.407 e. The first-order chi connectivity index (χ1) is 27.3. The smallest absolute Gasteiger partial charge is 0.407 e. The maximum atomic E-state index is 13.9. The highest BCUT2D eigenvalue weighted by atomic mass is 16.4. The van der Waals surface area contributed by atoms with Gasteiger partial charge >= 0.3 is 18.0 Å². The van der Waals surface area contributed by atoms with Crippen molar-refractivity contribution >= 4 is 47.5 Å². The molecule has 14 nitrogen and oxygen atoms in total. The van der Waals surface area contributed by atoms with E-state index in [-0.39, 0.29) is 18.7 Å². The number of aromatic nitrogens is 1. The summed E-state index contributed by atoms with van der Waals surface area (Å²) in [6, 6.07) is 5.54. The molecule has 2 aromatic rings. The van der Waals surface area contributed by atoms with E-state index in [0.29, 0.717) is 5.41 Å². The maximum absolute atomic E-state index is 13.9. The molecule has 2 atom stereocenters. The fourth-order valence-electron chi connectivity index (χ4n) is 6.33. The molecular formula is C45H75N5O9. The second kappa shape index (κ2) is 26.9. The molecule has 3 rings (SSSR count). The van der Waals surface area contributed by atoms with Gasteiger partial charge in [-0.05, 0) is 68.5 Å². The van der Waals surface area contributed by atoms with Crippen LogP contribution in [0.25, 0.3) is 10.9 Å². The number of para-hydroxylation sites is 1. The van der Waals surface area contributed by atoms with Crippen LogP contribution in [0.15, 0.2) is 54.3 Å². The highest BCUT2D eigenvalue weighted by molar-refractivity contribution is 5.94. The molecule has 1 aliphatic carbocycles. The van der Waals surface area contributed by atoms with E-state index in [2.05, 4.69) is 50.5 Å². The third-order valence-corrected chi connectivity index (χ3v) is 9.70. The minimum absolute atomic E-state index is 0.0410. The van der Waals surface area contributed by atoms with Gasteiger partial charge in [0, 0.05) is 55.8 Å². The molecule has 1 aromatic carbocycles. The number of carboxylic acid groups (broad SMARTS) is 3. The number of benzene rings is 1. The third-order valence-electron chi connectivity index (χ3n) is 9.70. The van der Waals surface area contributed by atoms with Gasteiger partial charge in [0.25, 0.3) is 0 Å². The summed E-state index contributed by atoms with van der Waals surface area (Å²) in [6.45, 7) is 21.6. The summed E-state index contributed by atoms with van der Waals surface area (Å²) in [4.78, 5) is 70.5. The van der Waals surface area contributed by atoms with E-state index in [4.69, 9.17) is 15.0 Å². The fraction of sp³-hybridized carbons (Fsp3) is 0.600. The van der Waals surface area contributed by atoms with Crippen molar-refractivity contribution in [3.05, 3.63) is 59.8 Å². The predicted molar refractivity (Wildman–Crippen MR) is 237 cm³/mol. The molecule has 5 N–H and O–H groups in total. The Balaban J connectivity index is 0. The second-order valence-corrected chi connectivity index (χ2v) is 17.1. The van der Waals surface area contributed by atoms with Crippen molar-refractivity contribution in [3.63, 3.8) is 0 Å². The number of aliphatic carboxylic acids is 2. The molecule has 0 bridgehead atoms. The van der Waals surface area contributed by atoms with Crippen LogP contribution in [0.3, 0.4) is 0 Å². The van der Waals surface area contributed by atoms with Gasteiger partial charge in [-0.1, -0.05) is 105 Å². The summed E-state index contributed by atoms with van der Waals surface area (Å²) in [5, 5.41) is 33.1. The van der Waals surface area contributed by atoms with E-state index in [1.807, 2.05) is 62.7 Å². The summed E-state index contributed by atoms with van der Waals surface area (Å²) < 4.78 is 1.94. The van der Waals surface area contributed by atoms with Gasteiger partial charge in [-0.15, -0.1) is 0 Å². The molecule has 1 aliphatic rings. The number of nitrogens with one attached hydrogen (secondary N) is 2. The van der Waals surface area contributed by atoms with Crippen molar-refractivity contribution in [1.82, 2.24) is 25.0 Å². The van der Waals surface area contributed by atoms with Crippen LogP contribution >= 0.6 is 0 Å². The molecule has 0 aliphatic heterocycles. The lowest BCUT2D eigenvalue weighted by Crippen LogP contribution is -2.62. The molecule has 14 heteroatoms. The number of fused-ring (bicyclic) bond motifs is 1. The van der Waals surface area contributed by atoms with Crippen molar-refractivity contribution in [2.75, 3.05) is 34.2 Å². The number of amides is 3. The van der Waals surface area contributed by atoms with Crippen LogP contribution in [0.4, 0.5) is 4.79 Å². The van der Waals surface area contributed by atoms with Crippen LogP contribution in [0.1, 0.15) is 113 Å². The predicted octanol–water partition coefficient (Wildman–Crippen LogP) is 7.51. The highest BCUT2D eigenvalue weighted by Crippen LogP contribution is 2.37. The summed E-state index contributed by atoms with van der Waals surface area (Å²) >= 11 is 0. The van der Waals surface area contributed by atoms with E-state index in [9.17, 15) is 29.1 Å². The molecule has 0 spiro atoms. The zero-order valence-electron chi connectivity index (χ0n) is 38.3. The van der Waals surface area contributed by atoms with Crippen molar-refractivity contribution in [2.45, 2.75) is 125 Å². The SMILES string of the molecule is C/C(=C\CN(C)C(=O)C(NC(=O)C(N(C)C(=O)O)C(C)(C)c1cn(C)c2ccccc12)C(C)(C)C)C(=O)O.C=O.CC1(C)CC/C=C/CCC1.CCC.CNCC(=O)O. The van der Waals surface area contributed by atoms with Crippen molar-refractivity contribution in [3.8, 4) is 0 Å². The quantitative estimate of drug-likeness (QED) is 0.112. The third kappa shape index (κ3) is 19.6. The zero-order chi connectivity index (χ0) is 46.3. The molecule has 1 heterocycles. The lowest BCUT2D eigenvalue weighted by Gasteiger charge is -2.40. The topological polar surface area (TPSA) is 199 Å². The first kappa shape index (κ1) is 56.1. The molecule has 0 saturated carbocycles. The van der Waals surface area contributed by atoms with Crippen LogP contribution in [0, 0.1) is 10.8 Å². The summed E-state index contributed by atoms with van der Waals surface area (Å²) in [5.74, 6) is -2.93. The Hall–Kier alpha value is -4.98. The number of hydrogen-bond donors (Lipinski definition) is 5. The fourth-order valence-corrected chi connectivity index (χ4v) is 6.33. The van der Waals surface area contributed by atoms with Gasteiger partial charge in [-0.2, -0.15) is 0 Å². The average molecular weight is 830 g/mol. The van der Waals surface area contributed by atoms with Gasteiger partial charge in [-0.25, -0.2) is 9.59 Å². The number of allylic oxidation sites excluding steroid dienone is 2. The monoisotopic (exact) mass is 830 g/mol. The van der Waals surface area contributed by atoms with Gasteiger partial charge in [0.2, 0.25) is 11.8 Å². The van der Waals surface area contributed by atoms with Gasteiger partial charge < -0.3 is 40.2 Å². The Bertz CT molecular complexity index is 1690. The standard InChI is InChI=1S/C28H40N4O6.C10H18.C3H7NO2.C3H8.CH2O/c1-17(25(35)36)14-15-30(7)24(34)21(27(2,3)4)29-23(33)22(32(9)26(37)38)28(5,6)19-16-31(8)20-13-11-10-12-18(19)20;1-10(2)8-6-4-3-5-7-9-10;1-4-2-3(5)6;1-3-2;1-2/h10-14,16,21-22H,15H2,1-9H3,(H,29,33)(H,35,36)(H,37,38);3-4H,5-9H2,1-2H3;4H,2H2,1H3,(H,5,6);3H2,1-2H3;1H2/b17-14+;4-3+;;;. The van der Waals surface area contributed by atoms with Crippen molar-refractivity contribution < 1.29 is 44.1 Å². The lowest BCUT2D eigenvalue weighted by atomic mass is 9.76. The minimum Gasteiger partial charge on any atom is -0.480 e. The molecule has 3 amide bonds. The summed E-state index contributed by atoms with van der Waals surface area (Å²) in [5.41, 5.74) is 0.751. The number of hydrogen-bond acceptors (Lipinski definition) is 7. The molecule has 0 saturated heterocycles. The Kier molecular flexibility index (Phi) is 25.6. The molecular weight excluding hydrogens is 755 g/mol.